The van der Waals surface area contributed by atoms with Crippen LogP contribution in [0.25, 0.3) is 0 Å². The molecule has 0 aromatic carbocycles. The van der Waals surface area contributed by atoms with Crippen LogP contribution in [0.5, 0.6) is 0 Å². The van der Waals surface area contributed by atoms with E-state index in [1.807, 2.05) is 19.3 Å². The summed E-state index contributed by atoms with van der Waals surface area (Å²) in [5, 5.41) is 0.832. The molecule has 1 aliphatic heterocycles. The molecule has 2 rings (SSSR count). The molecule has 4 nitrogen and oxygen atoms in total. The predicted octanol–water partition coefficient (Wildman–Crippen LogP) is 2.16. The molecule has 1 unspecified atom stereocenters. The normalized spacial score (nSPS) is 23.8. The van der Waals surface area contributed by atoms with Gasteiger partial charge in [-0.1, -0.05) is 15.9 Å². The molecule has 0 radical (unpaired) electrons. The number of aromatic nitrogens is 2. The first-order valence-electron chi connectivity index (χ1n) is 5.77. The van der Waals surface area contributed by atoms with Crippen LogP contribution in [0.1, 0.15) is 19.4 Å². The van der Waals surface area contributed by atoms with Gasteiger partial charge in [-0.05, 0) is 26.3 Å². The predicted molar refractivity (Wildman–Crippen MR) is 71.7 cm³/mol. The molecular weight excluding hydrogens is 282 g/mol. The zero-order chi connectivity index (χ0) is 12.5. The van der Waals surface area contributed by atoms with Crippen molar-refractivity contribution >= 4 is 21.9 Å². The fourth-order valence-corrected chi connectivity index (χ4v) is 2.41. The van der Waals surface area contributed by atoms with Crippen LogP contribution >= 0.6 is 15.9 Å². The van der Waals surface area contributed by atoms with E-state index in [-0.39, 0.29) is 11.7 Å². The minimum atomic E-state index is -0.162. The molecule has 0 N–H and O–H groups in total. The molecule has 1 aromatic rings. The van der Waals surface area contributed by atoms with Gasteiger partial charge in [0, 0.05) is 30.8 Å². The summed E-state index contributed by atoms with van der Waals surface area (Å²) >= 11 is 3.48. The van der Waals surface area contributed by atoms with Gasteiger partial charge in [-0.3, -0.25) is 0 Å². The fourth-order valence-electron chi connectivity index (χ4n) is 2.08. The summed E-state index contributed by atoms with van der Waals surface area (Å²) in [6, 6.07) is 0. The van der Waals surface area contributed by atoms with E-state index in [2.05, 4.69) is 44.6 Å². The second kappa shape index (κ2) is 4.90. The number of hydrogen-bond acceptors (Lipinski definition) is 4. The quantitative estimate of drug-likeness (QED) is 0.785. The first-order chi connectivity index (χ1) is 8.00. The van der Waals surface area contributed by atoms with Crippen molar-refractivity contribution in [2.75, 3.05) is 23.3 Å². The SMILES string of the molecule is Cc1cnc(N2CC(CBr)OC(C)(C)C2)nc1. The van der Waals surface area contributed by atoms with Crippen LogP contribution in [-0.4, -0.2) is 40.1 Å². The van der Waals surface area contributed by atoms with Crippen LogP contribution in [0.4, 0.5) is 5.95 Å². The van der Waals surface area contributed by atoms with Crippen LogP contribution in [0, 0.1) is 6.92 Å². The summed E-state index contributed by atoms with van der Waals surface area (Å²) in [6.45, 7) is 7.84. The molecule has 0 saturated carbocycles. The molecule has 5 heteroatoms. The average molecular weight is 300 g/mol. The summed E-state index contributed by atoms with van der Waals surface area (Å²) in [4.78, 5) is 10.9. The van der Waals surface area contributed by atoms with Gasteiger partial charge in [0.25, 0.3) is 0 Å². The molecular formula is C12H18BrN3O. The molecule has 2 heterocycles. The van der Waals surface area contributed by atoms with Gasteiger partial charge in [0.15, 0.2) is 0 Å². The number of anilines is 1. The molecule has 17 heavy (non-hydrogen) atoms. The third-order valence-electron chi connectivity index (χ3n) is 2.70. The van der Waals surface area contributed by atoms with E-state index in [4.69, 9.17) is 4.74 Å². The fraction of sp³-hybridized carbons (Fsp3) is 0.667. The second-order valence-corrected chi connectivity index (χ2v) is 5.74. The Labute approximate surface area is 111 Å². The Morgan fingerprint density at radius 3 is 2.71 bits per heavy atom. The van der Waals surface area contributed by atoms with Crippen molar-refractivity contribution in [1.82, 2.24) is 9.97 Å². The first-order valence-corrected chi connectivity index (χ1v) is 6.90. The van der Waals surface area contributed by atoms with Crippen molar-refractivity contribution in [3.8, 4) is 0 Å². The van der Waals surface area contributed by atoms with Crippen LogP contribution in [-0.2, 0) is 4.74 Å². The van der Waals surface area contributed by atoms with Gasteiger partial charge in [-0.15, -0.1) is 0 Å². The Kier molecular flexibility index (Phi) is 3.68. The number of hydrogen-bond donors (Lipinski definition) is 0. The van der Waals surface area contributed by atoms with Gasteiger partial charge in [-0.2, -0.15) is 0 Å². The highest BCUT2D eigenvalue weighted by Crippen LogP contribution is 2.24. The van der Waals surface area contributed by atoms with Gasteiger partial charge >= 0.3 is 0 Å². The summed E-state index contributed by atoms with van der Waals surface area (Å²) < 4.78 is 5.95. The number of ether oxygens (including phenoxy) is 1. The van der Waals surface area contributed by atoms with Crippen LogP contribution in [0.15, 0.2) is 12.4 Å². The molecule has 0 spiro atoms. The number of nitrogens with zero attached hydrogens (tertiary/aromatic N) is 3. The molecule has 1 aromatic heterocycles. The summed E-state index contributed by atoms with van der Waals surface area (Å²) in [6.07, 6.45) is 3.89. The Bertz CT molecular complexity index is 380. The second-order valence-electron chi connectivity index (χ2n) is 5.09. The van der Waals surface area contributed by atoms with E-state index in [1.54, 1.807) is 0 Å². The van der Waals surface area contributed by atoms with E-state index in [1.165, 1.54) is 0 Å². The van der Waals surface area contributed by atoms with Crippen molar-refractivity contribution in [3.05, 3.63) is 18.0 Å². The molecule has 1 fully saturated rings. The lowest BCUT2D eigenvalue weighted by Gasteiger charge is -2.42. The lowest BCUT2D eigenvalue weighted by Crippen LogP contribution is -2.53. The van der Waals surface area contributed by atoms with Crippen molar-refractivity contribution in [2.45, 2.75) is 32.5 Å². The number of alkyl halides is 1. The van der Waals surface area contributed by atoms with E-state index < -0.39 is 0 Å². The van der Waals surface area contributed by atoms with Crippen LogP contribution in [0.2, 0.25) is 0 Å². The van der Waals surface area contributed by atoms with Crippen LogP contribution in [0.3, 0.4) is 0 Å². The molecule has 1 saturated heterocycles. The highest BCUT2D eigenvalue weighted by molar-refractivity contribution is 9.09. The zero-order valence-corrected chi connectivity index (χ0v) is 12.1. The van der Waals surface area contributed by atoms with Gasteiger partial charge in [0.2, 0.25) is 5.95 Å². The monoisotopic (exact) mass is 299 g/mol. The van der Waals surface area contributed by atoms with E-state index >= 15 is 0 Å². The van der Waals surface area contributed by atoms with Crippen molar-refractivity contribution in [2.24, 2.45) is 0 Å². The average Bonchev–Trinajstić information content (AvgIpc) is 2.27. The van der Waals surface area contributed by atoms with Gasteiger partial charge < -0.3 is 9.64 Å². The number of morpholine rings is 1. The number of halogens is 1. The zero-order valence-electron chi connectivity index (χ0n) is 10.5. The smallest absolute Gasteiger partial charge is 0.225 e. The minimum absolute atomic E-state index is 0.162. The molecule has 0 bridgehead atoms. The summed E-state index contributed by atoms with van der Waals surface area (Å²) in [5.74, 6) is 0.790. The molecule has 1 atom stereocenters. The maximum atomic E-state index is 5.95. The number of rotatable bonds is 2. The van der Waals surface area contributed by atoms with Gasteiger partial charge in [0.05, 0.1) is 11.7 Å². The van der Waals surface area contributed by atoms with E-state index in [0.29, 0.717) is 0 Å². The highest BCUT2D eigenvalue weighted by atomic mass is 79.9. The lowest BCUT2D eigenvalue weighted by atomic mass is 10.1. The first kappa shape index (κ1) is 12.8. The highest BCUT2D eigenvalue weighted by Gasteiger charge is 2.33. The topological polar surface area (TPSA) is 38.2 Å². The minimum Gasteiger partial charge on any atom is -0.368 e. The Morgan fingerprint density at radius 1 is 1.47 bits per heavy atom. The van der Waals surface area contributed by atoms with Crippen molar-refractivity contribution in [1.29, 1.82) is 0 Å². The summed E-state index contributed by atoms with van der Waals surface area (Å²) in [5.41, 5.74) is 0.920. The number of aryl methyl sites for hydroxylation is 1. The third kappa shape index (κ3) is 3.16. The van der Waals surface area contributed by atoms with Gasteiger partial charge in [-0.25, -0.2) is 9.97 Å². The summed E-state index contributed by atoms with van der Waals surface area (Å²) in [7, 11) is 0. The van der Waals surface area contributed by atoms with E-state index in [0.717, 1.165) is 29.9 Å². The maximum absolute atomic E-state index is 5.95. The Balaban J connectivity index is 2.17. The van der Waals surface area contributed by atoms with Gasteiger partial charge in [0.1, 0.15) is 0 Å². The third-order valence-corrected chi connectivity index (χ3v) is 3.43. The molecule has 0 amide bonds. The molecule has 0 aliphatic carbocycles. The van der Waals surface area contributed by atoms with Crippen LogP contribution < -0.4 is 4.90 Å². The Hall–Kier alpha value is -0.680. The largest absolute Gasteiger partial charge is 0.368 e. The van der Waals surface area contributed by atoms with Crippen molar-refractivity contribution in [3.63, 3.8) is 0 Å². The molecule has 94 valence electrons. The lowest BCUT2D eigenvalue weighted by molar-refractivity contribution is -0.0728. The van der Waals surface area contributed by atoms with Crippen molar-refractivity contribution < 1.29 is 4.74 Å². The van der Waals surface area contributed by atoms with E-state index in [9.17, 15) is 0 Å². The standard InChI is InChI=1S/C12H18BrN3O/c1-9-5-14-11(15-6-9)16-7-10(4-13)17-12(2,3)8-16/h5-6,10H,4,7-8H2,1-3H3. The molecule has 1 aliphatic rings. The Morgan fingerprint density at radius 2 is 2.12 bits per heavy atom. The maximum Gasteiger partial charge on any atom is 0.225 e.